The molecule has 0 saturated carbocycles. The van der Waals surface area contributed by atoms with Gasteiger partial charge in [0.15, 0.2) is 0 Å². The monoisotopic (exact) mass is 241 g/mol. The molecule has 1 aliphatic rings. The molecule has 1 aromatic carbocycles. The third-order valence-corrected chi connectivity index (χ3v) is 3.96. The Bertz CT molecular complexity index is 365. The summed E-state index contributed by atoms with van der Waals surface area (Å²) in [5.74, 6) is 1.15. The number of nitrogens with zero attached hydrogens (tertiary/aromatic N) is 1. The Hall–Kier alpha value is -0.670. The third-order valence-electron chi connectivity index (χ3n) is 2.45. The molecule has 1 heterocycles. The molecular weight excluding hydrogens is 230 g/mol. The Balaban J connectivity index is 2.22. The molecule has 1 atom stereocenters. The summed E-state index contributed by atoms with van der Waals surface area (Å²) in [6.45, 7) is 2.46. The summed E-state index contributed by atoms with van der Waals surface area (Å²) in [5, 5.41) is 0.899. The van der Waals surface area contributed by atoms with E-state index in [1.807, 2.05) is 29.2 Å². The predicted molar refractivity (Wildman–Crippen MR) is 64.0 cm³/mol. The zero-order valence-corrected chi connectivity index (χ0v) is 10.0. The average Bonchev–Trinajstić information content (AvgIpc) is 2.67. The minimum Gasteiger partial charge on any atom is -0.326 e. The SMILES string of the molecule is CC(=O)N1CCSC1c1ccc(Cl)cc1. The maximum absolute atomic E-state index is 11.4. The molecule has 0 bridgehead atoms. The van der Waals surface area contributed by atoms with Crippen molar-refractivity contribution >= 4 is 29.3 Å². The van der Waals surface area contributed by atoms with E-state index in [1.165, 1.54) is 0 Å². The van der Waals surface area contributed by atoms with Crippen molar-refractivity contribution in [2.24, 2.45) is 0 Å². The molecule has 1 amide bonds. The van der Waals surface area contributed by atoms with Gasteiger partial charge < -0.3 is 4.90 Å². The highest BCUT2D eigenvalue weighted by atomic mass is 35.5. The van der Waals surface area contributed by atoms with E-state index in [1.54, 1.807) is 18.7 Å². The van der Waals surface area contributed by atoms with Crippen LogP contribution >= 0.6 is 23.4 Å². The van der Waals surface area contributed by atoms with Crippen LogP contribution < -0.4 is 0 Å². The summed E-state index contributed by atoms with van der Waals surface area (Å²) < 4.78 is 0. The number of halogens is 1. The first-order valence-corrected chi connectivity index (χ1v) is 6.25. The molecule has 0 N–H and O–H groups in total. The lowest BCUT2D eigenvalue weighted by molar-refractivity contribution is -0.128. The van der Waals surface area contributed by atoms with Crippen LogP contribution in [0.15, 0.2) is 24.3 Å². The molecule has 0 radical (unpaired) electrons. The molecule has 15 heavy (non-hydrogen) atoms. The van der Waals surface area contributed by atoms with E-state index in [9.17, 15) is 4.79 Å². The van der Waals surface area contributed by atoms with Gasteiger partial charge in [0.2, 0.25) is 5.91 Å². The van der Waals surface area contributed by atoms with E-state index in [0.29, 0.717) is 0 Å². The Morgan fingerprint density at radius 2 is 2.13 bits per heavy atom. The second kappa shape index (κ2) is 4.45. The van der Waals surface area contributed by atoms with Crippen LogP contribution in [0.3, 0.4) is 0 Å². The van der Waals surface area contributed by atoms with Crippen LogP contribution in [0.2, 0.25) is 5.02 Å². The minimum absolute atomic E-state index is 0.139. The van der Waals surface area contributed by atoms with Crippen molar-refractivity contribution in [3.05, 3.63) is 34.9 Å². The largest absolute Gasteiger partial charge is 0.326 e. The number of amides is 1. The van der Waals surface area contributed by atoms with Crippen LogP contribution in [-0.4, -0.2) is 23.1 Å². The molecule has 0 spiro atoms. The van der Waals surface area contributed by atoms with Crippen LogP contribution in [0.25, 0.3) is 0 Å². The number of carbonyl (C=O) groups is 1. The molecule has 0 aromatic heterocycles. The van der Waals surface area contributed by atoms with Crippen molar-refractivity contribution in [3.63, 3.8) is 0 Å². The van der Waals surface area contributed by atoms with Crippen molar-refractivity contribution in [1.82, 2.24) is 4.90 Å². The van der Waals surface area contributed by atoms with Gasteiger partial charge in [-0.25, -0.2) is 0 Å². The predicted octanol–water partition coefficient (Wildman–Crippen LogP) is 2.93. The van der Waals surface area contributed by atoms with Crippen LogP contribution in [0.1, 0.15) is 17.9 Å². The highest BCUT2D eigenvalue weighted by Gasteiger charge is 2.28. The van der Waals surface area contributed by atoms with E-state index >= 15 is 0 Å². The van der Waals surface area contributed by atoms with Gasteiger partial charge in [-0.05, 0) is 17.7 Å². The first kappa shape index (κ1) is 10.8. The maximum atomic E-state index is 11.4. The summed E-state index contributed by atoms with van der Waals surface area (Å²) >= 11 is 7.63. The van der Waals surface area contributed by atoms with Crippen molar-refractivity contribution in [3.8, 4) is 0 Å². The van der Waals surface area contributed by atoms with Crippen LogP contribution in [0.4, 0.5) is 0 Å². The molecule has 2 rings (SSSR count). The van der Waals surface area contributed by atoms with Gasteiger partial charge in [0.25, 0.3) is 0 Å². The minimum atomic E-state index is 0.139. The molecule has 1 aliphatic heterocycles. The average molecular weight is 242 g/mol. The lowest BCUT2D eigenvalue weighted by Gasteiger charge is -2.22. The van der Waals surface area contributed by atoms with Gasteiger partial charge in [0.05, 0.1) is 0 Å². The number of benzene rings is 1. The molecule has 0 aliphatic carbocycles. The second-order valence-corrected chi connectivity index (χ2v) is 5.11. The Morgan fingerprint density at radius 3 is 2.73 bits per heavy atom. The van der Waals surface area contributed by atoms with Gasteiger partial charge in [-0.2, -0.15) is 0 Å². The molecule has 1 saturated heterocycles. The van der Waals surface area contributed by atoms with Crippen molar-refractivity contribution in [2.75, 3.05) is 12.3 Å². The fourth-order valence-electron chi connectivity index (χ4n) is 1.70. The summed E-state index contributed by atoms with van der Waals surface area (Å²) in [5.41, 5.74) is 1.15. The van der Waals surface area contributed by atoms with Gasteiger partial charge >= 0.3 is 0 Å². The number of hydrogen-bond donors (Lipinski definition) is 0. The summed E-state index contributed by atoms with van der Waals surface area (Å²) in [6.07, 6.45) is 0. The lowest BCUT2D eigenvalue weighted by atomic mass is 10.2. The fraction of sp³-hybridized carbons (Fsp3) is 0.364. The van der Waals surface area contributed by atoms with Crippen LogP contribution in [0.5, 0.6) is 0 Å². The van der Waals surface area contributed by atoms with Gasteiger partial charge in [0.1, 0.15) is 5.37 Å². The highest BCUT2D eigenvalue weighted by molar-refractivity contribution is 7.99. The molecule has 2 nitrogen and oxygen atoms in total. The van der Waals surface area contributed by atoms with Crippen molar-refractivity contribution < 1.29 is 4.79 Å². The zero-order valence-electron chi connectivity index (χ0n) is 8.44. The smallest absolute Gasteiger partial charge is 0.220 e. The summed E-state index contributed by atoms with van der Waals surface area (Å²) in [6, 6.07) is 7.71. The molecule has 1 aromatic rings. The Kier molecular flexibility index (Phi) is 3.22. The van der Waals surface area contributed by atoms with Crippen LogP contribution in [0, 0.1) is 0 Å². The third kappa shape index (κ3) is 2.29. The van der Waals surface area contributed by atoms with Crippen LogP contribution in [-0.2, 0) is 4.79 Å². The van der Waals surface area contributed by atoms with E-state index < -0.39 is 0 Å². The Morgan fingerprint density at radius 1 is 1.47 bits per heavy atom. The molecule has 80 valence electrons. The van der Waals surface area contributed by atoms with Gasteiger partial charge in [0, 0.05) is 24.2 Å². The maximum Gasteiger partial charge on any atom is 0.220 e. The van der Waals surface area contributed by atoms with Crippen molar-refractivity contribution in [2.45, 2.75) is 12.3 Å². The molecular formula is C11H12ClNOS. The number of hydrogen-bond acceptors (Lipinski definition) is 2. The fourth-order valence-corrected chi connectivity index (χ4v) is 3.13. The topological polar surface area (TPSA) is 20.3 Å². The molecule has 1 fully saturated rings. The zero-order chi connectivity index (χ0) is 10.8. The van der Waals surface area contributed by atoms with E-state index in [4.69, 9.17) is 11.6 Å². The second-order valence-electron chi connectivity index (χ2n) is 3.49. The number of rotatable bonds is 1. The standard InChI is InChI=1S/C11H12ClNOS/c1-8(14)13-6-7-15-11(13)9-2-4-10(12)5-3-9/h2-5,11H,6-7H2,1H3. The van der Waals surface area contributed by atoms with Gasteiger partial charge in [-0.15, -0.1) is 11.8 Å². The first-order chi connectivity index (χ1) is 7.18. The lowest BCUT2D eigenvalue weighted by Crippen LogP contribution is -2.27. The number of thioether (sulfide) groups is 1. The Labute approximate surface area is 98.6 Å². The number of carbonyl (C=O) groups excluding carboxylic acids is 1. The summed E-state index contributed by atoms with van der Waals surface area (Å²) in [4.78, 5) is 13.3. The quantitative estimate of drug-likeness (QED) is 0.754. The van der Waals surface area contributed by atoms with Gasteiger partial charge in [-0.1, -0.05) is 23.7 Å². The van der Waals surface area contributed by atoms with E-state index in [-0.39, 0.29) is 11.3 Å². The van der Waals surface area contributed by atoms with E-state index in [2.05, 4.69) is 0 Å². The van der Waals surface area contributed by atoms with Gasteiger partial charge in [-0.3, -0.25) is 4.79 Å². The first-order valence-electron chi connectivity index (χ1n) is 4.83. The van der Waals surface area contributed by atoms with Crippen molar-refractivity contribution in [1.29, 1.82) is 0 Å². The van der Waals surface area contributed by atoms with E-state index in [0.717, 1.165) is 22.9 Å². The normalized spacial score (nSPS) is 20.7. The highest BCUT2D eigenvalue weighted by Crippen LogP contribution is 2.37. The molecule has 1 unspecified atom stereocenters. The molecule has 4 heteroatoms. The summed E-state index contributed by atoms with van der Waals surface area (Å²) in [7, 11) is 0.